The van der Waals surface area contributed by atoms with Gasteiger partial charge in [-0.1, -0.05) is 44.7 Å². The summed E-state index contributed by atoms with van der Waals surface area (Å²) in [7, 11) is 4.64. The standard InChI is InChI=1S/C25H30O6/c1-5-6-7-8-11-14-30-25-22(26)18-12-9-10-13-19(18)31-23(25)17-15-20(27-2)24(29-4)21(16-17)28-3/h9-10,12-13,15-16H,5-8,11,14H2,1-4H3. The Bertz CT molecular complexity index is 1040. The Morgan fingerprint density at radius 1 is 0.839 bits per heavy atom. The first-order chi connectivity index (χ1) is 15.1. The predicted molar refractivity (Wildman–Crippen MR) is 122 cm³/mol. The Morgan fingerprint density at radius 3 is 2.16 bits per heavy atom. The molecule has 0 fully saturated rings. The summed E-state index contributed by atoms with van der Waals surface area (Å²) in [5, 5.41) is 0.486. The quantitative estimate of drug-likeness (QED) is 0.359. The van der Waals surface area contributed by atoms with Crippen LogP contribution in [0.4, 0.5) is 0 Å². The van der Waals surface area contributed by atoms with Crippen molar-refractivity contribution in [3.05, 3.63) is 46.6 Å². The fourth-order valence-corrected chi connectivity index (χ4v) is 3.54. The van der Waals surface area contributed by atoms with E-state index in [4.69, 9.17) is 23.4 Å². The maximum Gasteiger partial charge on any atom is 0.235 e. The van der Waals surface area contributed by atoms with Crippen LogP contribution in [0.1, 0.15) is 39.0 Å². The van der Waals surface area contributed by atoms with Crippen molar-refractivity contribution in [1.29, 1.82) is 0 Å². The molecular formula is C25H30O6. The van der Waals surface area contributed by atoms with Gasteiger partial charge in [-0.05, 0) is 30.7 Å². The van der Waals surface area contributed by atoms with Crippen LogP contribution in [0.2, 0.25) is 0 Å². The fraction of sp³-hybridized carbons (Fsp3) is 0.400. The van der Waals surface area contributed by atoms with Crippen molar-refractivity contribution in [3.8, 4) is 34.3 Å². The first kappa shape index (κ1) is 22.5. The highest BCUT2D eigenvalue weighted by molar-refractivity contribution is 5.82. The van der Waals surface area contributed by atoms with Gasteiger partial charge < -0.3 is 23.4 Å². The molecule has 0 aliphatic rings. The Kier molecular flexibility index (Phi) is 7.82. The summed E-state index contributed by atoms with van der Waals surface area (Å²) in [6, 6.07) is 10.7. The normalized spacial score (nSPS) is 10.8. The van der Waals surface area contributed by atoms with Crippen molar-refractivity contribution >= 4 is 11.0 Å². The van der Waals surface area contributed by atoms with Gasteiger partial charge in [0.15, 0.2) is 17.3 Å². The summed E-state index contributed by atoms with van der Waals surface area (Å²) < 4.78 is 28.5. The highest BCUT2D eigenvalue weighted by Crippen LogP contribution is 2.43. The molecule has 31 heavy (non-hydrogen) atoms. The second kappa shape index (κ2) is 10.8. The predicted octanol–water partition coefficient (Wildman–Crippen LogP) is 5.84. The summed E-state index contributed by atoms with van der Waals surface area (Å²) in [5.74, 6) is 1.95. The first-order valence-corrected chi connectivity index (χ1v) is 10.6. The van der Waals surface area contributed by atoms with Gasteiger partial charge in [0.1, 0.15) is 5.58 Å². The second-order valence-electron chi connectivity index (χ2n) is 7.26. The lowest BCUT2D eigenvalue weighted by Crippen LogP contribution is -2.11. The van der Waals surface area contributed by atoms with E-state index in [1.807, 2.05) is 12.1 Å². The monoisotopic (exact) mass is 426 g/mol. The Morgan fingerprint density at radius 2 is 1.52 bits per heavy atom. The molecule has 3 aromatic rings. The molecule has 0 saturated heterocycles. The minimum atomic E-state index is -0.195. The number of para-hydroxylation sites is 1. The van der Waals surface area contributed by atoms with E-state index in [-0.39, 0.29) is 11.2 Å². The van der Waals surface area contributed by atoms with Crippen LogP contribution in [0, 0.1) is 0 Å². The number of hydrogen-bond donors (Lipinski definition) is 0. The second-order valence-corrected chi connectivity index (χ2v) is 7.26. The fourth-order valence-electron chi connectivity index (χ4n) is 3.54. The van der Waals surface area contributed by atoms with Gasteiger partial charge in [-0.3, -0.25) is 4.79 Å². The summed E-state index contributed by atoms with van der Waals surface area (Å²) >= 11 is 0. The maximum atomic E-state index is 13.2. The Hall–Kier alpha value is -3.15. The van der Waals surface area contributed by atoms with Crippen LogP contribution in [-0.4, -0.2) is 27.9 Å². The third-order valence-corrected chi connectivity index (χ3v) is 5.18. The highest BCUT2D eigenvalue weighted by atomic mass is 16.5. The molecule has 1 aromatic heterocycles. The average Bonchev–Trinajstić information content (AvgIpc) is 2.81. The van der Waals surface area contributed by atoms with Crippen LogP contribution in [0.15, 0.2) is 45.6 Å². The van der Waals surface area contributed by atoms with E-state index >= 15 is 0 Å². The molecular weight excluding hydrogens is 396 g/mol. The van der Waals surface area contributed by atoms with Crippen LogP contribution < -0.4 is 24.4 Å². The molecule has 0 spiro atoms. The lowest BCUT2D eigenvalue weighted by molar-refractivity contribution is 0.297. The molecule has 0 N–H and O–H groups in total. The molecule has 0 saturated carbocycles. The minimum Gasteiger partial charge on any atom is -0.493 e. The van der Waals surface area contributed by atoms with E-state index in [2.05, 4.69) is 6.92 Å². The van der Waals surface area contributed by atoms with Gasteiger partial charge in [0.05, 0.1) is 33.3 Å². The third-order valence-electron chi connectivity index (χ3n) is 5.18. The number of rotatable bonds is 11. The average molecular weight is 427 g/mol. The van der Waals surface area contributed by atoms with E-state index < -0.39 is 0 Å². The van der Waals surface area contributed by atoms with Crippen molar-refractivity contribution in [2.24, 2.45) is 0 Å². The van der Waals surface area contributed by atoms with Gasteiger partial charge in [0.2, 0.25) is 16.9 Å². The van der Waals surface area contributed by atoms with Crippen molar-refractivity contribution in [3.63, 3.8) is 0 Å². The minimum absolute atomic E-state index is 0.195. The van der Waals surface area contributed by atoms with Crippen molar-refractivity contribution in [2.75, 3.05) is 27.9 Å². The maximum absolute atomic E-state index is 13.2. The van der Waals surface area contributed by atoms with Gasteiger partial charge in [-0.2, -0.15) is 0 Å². The Labute approximate surface area is 182 Å². The molecule has 0 radical (unpaired) electrons. The van der Waals surface area contributed by atoms with Crippen LogP contribution in [0.5, 0.6) is 23.0 Å². The van der Waals surface area contributed by atoms with E-state index in [0.29, 0.717) is 46.1 Å². The largest absolute Gasteiger partial charge is 0.493 e. The van der Waals surface area contributed by atoms with Crippen LogP contribution >= 0.6 is 0 Å². The highest BCUT2D eigenvalue weighted by Gasteiger charge is 2.21. The molecule has 1 heterocycles. The molecule has 3 rings (SSSR count). The van der Waals surface area contributed by atoms with Gasteiger partial charge >= 0.3 is 0 Å². The van der Waals surface area contributed by atoms with Gasteiger partial charge in [0.25, 0.3) is 0 Å². The number of methoxy groups -OCH3 is 3. The van der Waals surface area contributed by atoms with Crippen molar-refractivity contribution < 1.29 is 23.4 Å². The van der Waals surface area contributed by atoms with Crippen LogP contribution in [-0.2, 0) is 0 Å². The lowest BCUT2D eigenvalue weighted by atomic mass is 10.1. The number of fused-ring (bicyclic) bond motifs is 1. The topological polar surface area (TPSA) is 67.1 Å². The zero-order valence-electron chi connectivity index (χ0n) is 18.7. The molecule has 0 amide bonds. The summed E-state index contributed by atoms with van der Waals surface area (Å²) in [6.07, 6.45) is 5.48. The number of ether oxygens (including phenoxy) is 4. The molecule has 0 aliphatic carbocycles. The van der Waals surface area contributed by atoms with Crippen LogP contribution in [0.3, 0.4) is 0 Å². The lowest BCUT2D eigenvalue weighted by Gasteiger charge is -2.16. The summed E-state index contributed by atoms with van der Waals surface area (Å²) in [4.78, 5) is 13.2. The Balaban J connectivity index is 2.07. The smallest absolute Gasteiger partial charge is 0.235 e. The molecule has 2 aromatic carbocycles. The SMILES string of the molecule is CCCCCCCOc1c(-c2cc(OC)c(OC)c(OC)c2)oc2ccccc2c1=O. The molecule has 0 unspecified atom stereocenters. The van der Waals surface area contributed by atoms with E-state index in [9.17, 15) is 4.79 Å². The third kappa shape index (κ3) is 4.95. The van der Waals surface area contributed by atoms with Gasteiger partial charge in [-0.25, -0.2) is 0 Å². The van der Waals surface area contributed by atoms with Crippen molar-refractivity contribution in [1.82, 2.24) is 0 Å². The first-order valence-electron chi connectivity index (χ1n) is 10.6. The summed E-state index contributed by atoms with van der Waals surface area (Å²) in [5.41, 5.74) is 0.907. The summed E-state index contributed by atoms with van der Waals surface area (Å²) in [6.45, 7) is 2.63. The molecule has 0 bridgehead atoms. The zero-order valence-corrected chi connectivity index (χ0v) is 18.7. The van der Waals surface area contributed by atoms with Crippen molar-refractivity contribution in [2.45, 2.75) is 39.0 Å². The van der Waals surface area contributed by atoms with E-state index in [1.165, 1.54) is 12.8 Å². The molecule has 0 aliphatic heterocycles. The van der Waals surface area contributed by atoms with Crippen LogP contribution in [0.25, 0.3) is 22.3 Å². The van der Waals surface area contributed by atoms with Gasteiger partial charge in [0, 0.05) is 5.56 Å². The number of benzene rings is 2. The van der Waals surface area contributed by atoms with Gasteiger partial charge in [-0.15, -0.1) is 0 Å². The molecule has 6 heteroatoms. The van der Waals surface area contributed by atoms with E-state index in [0.717, 1.165) is 19.3 Å². The van der Waals surface area contributed by atoms with E-state index in [1.54, 1.807) is 45.6 Å². The molecule has 6 nitrogen and oxygen atoms in total. The zero-order chi connectivity index (χ0) is 22.2. The number of unbranched alkanes of at least 4 members (excludes halogenated alkanes) is 4. The number of hydrogen-bond acceptors (Lipinski definition) is 6. The molecule has 0 atom stereocenters. The molecule has 166 valence electrons.